The number of aliphatic hydroxyl groups is 1. The zero-order chi connectivity index (χ0) is 15.2. The van der Waals surface area contributed by atoms with E-state index < -0.39 is 0 Å². The van der Waals surface area contributed by atoms with Crippen LogP contribution in [0.2, 0.25) is 0 Å². The Bertz CT molecular complexity index is 441. The number of nitrogens with zero attached hydrogens (tertiary/aromatic N) is 1. The van der Waals surface area contributed by atoms with Crippen LogP contribution in [0.4, 0.5) is 5.69 Å². The number of aromatic nitrogens is 1. The third-order valence-corrected chi connectivity index (χ3v) is 3.13. The zero-order valence-electron chi connectivity index (χ0n) is 12.7. The maximum atomic E-state index is 11.8. The molecule has 0 fully saturated rings. The van der Waals surface area contributed by atoms with Gasteiger partial charge in [0, 0.05) is 31.1 Å². The van der Waals surface area contributed by atoms with E-state index in [1.165, 1.54) is 0 Å². The molecule has 20 heavy (non-hydrogen) atoms. The third-order valence-electron chi connectivity index (χ3n) is 3.13. The highest BCUT2D eigenvalue weighted by atomic mass is 16.3. The number of hydrogen-bond acceptors (Lipinski definition) is 4. The molecule has 0 bridgehead atoms. The summed E-state index contributed by atoms with van der Waals surface area (Å²) in [6, 6.07) is 3.69. The molecule has 0 aromatic carbocycles. The second-order valence-electron chi connectivity index (χ2n) is 5.86. The molecule has 1 aromatic rings. The van der Waals surface area contributed by atoms with Crippen molar-refractivity contribution in [2.24, 2.45) is 5.41 Å². The van der Waals surface area contributed by atoms with Crippen LogP contribution >= 0.6 is 0 Å². The van der Waals surface area contributed by atoms with Crippen LogP contribution in [-0.4, -0.2) is 35.2 Å². The van der Waals surface area contributed by atoms with Gasteiger partial charge in [-0.25, -0.2) is 0 Å². The normalized spacial score (nSPS) is 12.8. The van der Waals surface area contributed by atoms with Gasteiger partial charge < -0.3 is 15.7 Å². The van der Waals surface area contributed by atoms with Crippen molar-refractivity contribution in [3.05, 3.63) is 24.0 Å². The van der Waals surface area contributed by atoms with E-state index in [2.05, 4.69) is 36.4 Å². The van der Waals surface area contributed by atoms with Crippen LogP contribution in [-0.2, 0) is 0 Å². The van der Waals surface area contributed by atoms with Gasteiger partial charge in [-0.05, 0) is 30.9 Å². The molecule has 1 aromatic heterocycles. The quantitative estimate of drug-likeness (QED) is 0.745. The summed E-state index contributed by atoms with van der Waals surface area (Å²) in [5.74, 6) is -0.175. The summed E-state index contributed by atoms with van der Waals surface area (Å²) in [7, 11) is 0. The first kappa shape index (κ1) is 16.4. The average Bonchev–Trinajstić information content (AvgIpc) is 2.38. The topological polar surface area (TPSA) is 74.2 Å². The molecule has 1 amide bonds. The minimum Gasteiger partial charge on any atom is -0.396 e. The second kappa shape index (κ2) is 7.24. The van der Waals surface area contributed by atoms with E-state index in [4.69, 9.17) is 0 Å². The summed E-state index contributed by atoms with van der Waals surface area (Å²) >= 11 is 0. The van der Waals surface area contributed by atoms with Gasteiger partial charge in [0.1, 0.15) is 5.69 Å². The molecule has 1 unspecified atom stereocenters. The van der Waals surface area contributed by atoms with Crippen LogP contribution in [0.1, 0.15) is 44.6 Å². The first-order valence-electron chi connectivity index (χ1n) is 7.00. The maximum Gasteiger partial charge on any atom is 0.269 e. The zero-order valence-corrected chi connectivity index (χ0v) is 12.7. The Kier molecular flexibility index (Phi) is 5.95. The Morgan fingerprint density at radius 3 is 2.70 bits per heavy atom. The maximum absolute atomic E-state index is 11.8. The third kappa shape index (κ3) is 4.81. The number of pyridine rings is 1. The molecule has 1 atom stereocenters. The SMILES string of the molecule is CCNC(=O)c1cc(NC(CCO)C(C)(C)C)ccn1. The molecule has 3 N–H and O–H groups in total. The lowest BCUT2D eigenvalue weighted by atomic mass is 9.85. The van der Waals surface area contributed by atoms with Gasteiger partial charge in [-0.3, -0.25) is 9.78 Å². The number of hydrogen-bond donors (Lipinski definition) is 3. The standard InChI is InChI=1S/C15H25N3O2/c1-5-16-14(20)12-10-11(6-8-17-12)18-13(7-9-19)15(2,3)4/h6,8,10,13,19H,5,7,9H2,1-4H3,(H,16,20)(H,17,18). The van der Waals surface area contributed by atoms with Gasteiger partial charge in [0.2, 0.25) is 0 Å². The first-order valence-corrected chi connectivity index (χ1v) is 7.00. The number of anilines is 1. The highest BCUT2D eigenvalue weighted by molar-refractivity contribution is 5.93. The fourth-order valence-electron chi connectivity index (χ4n) is 1.95. The number of aliphatic hydroxyl groups excluding tert-OH is 1. The Hall–Kier alpha value is -1.62. The smallest absolute Gasteiger partial charge is 0.269 e. The minimum absolute atomic E-state index is 0.0117. The number of nitrogens with one attached hydrogen (secondary N) is 2. The van der Waals surface area contributed by atoms with E-state index in [9.17, 15) is 9.90 Å². The van der Waals surface area contributed by atoms with Gasteiger partial charge >= 0.3 is 0 Å². The predicted molar refractivity (Wildman–Crippen MR) is 80.8 cm³/mol. The summed E-state index contributed by atoms with van der Waals surface area (Å²) in [5.41, 5.74) is 1.25. The number of carbonyl (C=O) groups is 1. The molecular weight excluding hydrogens is 254 g/mol. The average molecular weight is 279 g/mol. The van der Waals surface area contributed by atoms with Gasteiger partial charge in [0.25, 0.3) is 5.91 Å². The Labute approximate surface area is 120 Å². The lowest BCUT2D eigenvalue weighted by Gasteiger charge is -2.32. The molecule has 5 nitrogen and oxygen atoms in total. The summed E-state index contributed by atoms with van der Waals surface area (Å²) in [6.07, 6.45) is 2.27. The van der Waals surface area contributed by atoms with Crippen molar-refractivity contribution >= 4 is 11.6 Å². The fraction of sp³-hybridized carbons (Fsp3) is 0.600. The highest BCUT2D eigenvalue weighted by Gasteiger charge is 2.24. The monoisotopic (exact) mass is 279 g/mol. The van der Waals surface area contributed by atoms with Gasteiger partial charge in [0.05, 0.1) is 0 Å². The van der Waals surface area contributed by atoms with E-state index in [0.717, 1.165) is 5.69 Å². The summed E-state index contributed by atoms with van der Waals surface area (Å²) in [6.45, 7) is 8.93. The van der Waals surface area contributed by atoms with Crippen LogP contribution in [0, 0.1) is 5.41 Å². The molecule has 0 spiro atoms. The van der Waals surface area contributed by atoms with Crippen molar-refractivity contribution < 1.29 is 9.90 Å². The van der Waals surface area contributed by atoms with E-state index in [-0.39, 0.29) is 24.0 Å². The van der Waals surface area contributed by atoms with E-state index in [1.807, 2.05) is 13.0 Å². The van der Waals surface area contributed by atoms with Crippen LogP contribution in [0.3, 0.4) is 0 Å². The van der Waals surface area contributed by atoms with Gasteiger partial charge in [-0.15, -0.1) is 0 Å². The van der Waals surface area contributed by atoms with E-state index >= 15 is 0 Å². The highest BCUT2D eigenvalue weighted by Crippen LogP contribution is 2.25. The summed E-state index contributed by atoms with van der Waals surface area (Å²) in [4.78, 5) is 15.8. The molecule has 112 valence electrons. The number of carbonyl (C=O) groups excluding carboxylic acids is 1. The number of rotatable bonds is 6. The van der Waals surface area contributed by atoms with Crippen LogP contribution in [0.5, 0.6) is 0 Å². The Morgan fingerprint density at radius 2 is 2.15 bits per heavy atom. The lowest BCUT2D eigenvalue weighted by molar-refractivity contribution is 0.0951. The van der Waals surface area contributed by atoms with Crippen molar-refractivity contribution in [2.45, 2.75) is 40.2 Å². The molecule has 0 saturated carbocycles. The van der Waals surface area contributed by atoms with Crippen LogP contribution in [0.15, 0.2) is 18.3 Å². The van der Waals surface area contributed by atoms with Crippen molar-refractivity contribution in [1.82, 2.24) is 10.3 Å². The molecule has 1 heterocycles. The summed E-state index contributed by atoms with van der Waals surface area (Å²) < 4.78 is 0. The van der Waals surface area contributed by atoms with Crippen molar-refractivity contribution in [3.8, 4) is 0 Å². The lowest BCUT2D eigenvalue weighted by Crippen LogP contribution is -2.35. The first-order chi connectivity index (χ1) is 9.38. The Morgan fingerprint density at radius 1 is 1.45 bits per heavy atom. The number of amides is 1. The van der Waals surface area contributed by atoms with E-state index in [1.54, 1.807) is 12.3 Å². The molecule has 1 rings (SSSR count). The van der Waals surface area contributed by atoms with Gasteiger partial charge in [-0.2, -0.15) is 0 Å². The van der Waals surface area contributed by atoms with Gasteiger partial charge in [-0.1, -0.05) is 20.8 Å². The molecule has 0 aliphatic rings. The molecule has 0 aliphatic heterocycles. The van der Waals surface area contributed by atoms with Crippen molar-refractivity contribution in [2.75, 3.05) is 18.5 Å². The minimum atomic E-state index is -0.175. The molecule has 0 aliphatic carbocycles. The fourth-order valence-corrected chi connectivity index (χ4v) is 1.95. The van der Waals surface area contributed by atoms with Crippen molar-refractivity contribution in [1.29, 1.82) is 0 Å². The second-order valence-corrected chi connectivity index (χ2v) is 5.86. The Balaban J connectivity index is 2.86. The van der Waals surface area contributed by atoms with Crippen LogP contribution < -0.4 is 10.6 Å². The molecule has 0 saturated heterocycles. The predicted octanol–water partition coefficient (Wildman–Crippen LogP) is 2.04. The van der Waals surface area contributed by atoms with Crippen molar-refractivity contribution in [3.63, 3.8) is 0 Å². The van der Waals surface area contributed by atoms with Crippen LogP contribution in [0.25, 0.3) is 0 Å². The summed E-state index contributed by atoms with van der Waals surface area (Å²) in [5, 5.41) is 15.3. The molecule has 5 heteroatoms. The molecular formula is C15H25N3O2. The van der Waals surface area contributed by atoms with E-state index in [0.29, 0.717) is 18.7 Å². The van der Waals surface area contributed by atoms with Gasteiger partial charge in [0.15, 0.2) is 0 Å². The molecule has 0 radical (unpaired) electrons. The largest absolute Gasteiger partial charge is 0.396 e.